The molecule has 0 saturated carbocycles. The largest absolute Gasteiger partial charge is 0.462 e. The van der Waals surface area contributed by atoms with Crippen LogP contribution in [0.15, 0.2) is 79.1 Å². The van der Waals surface area contributed by atoms with Crippen molar-refractivity contribution in [3.63, 3.8) is 0 Å². The Morgan fingerprint density at radius 3 is 2.30 bits per heavy atom. The number of hydrogen-bond donors (Lipinski definition) is 1. The van der Waals surface area contributed by atoms with Gasteiger partial charge in [0.25, 0.3) is 11.8 Å². The number of amides is 2. The Morgan fingerprint density at radius 2 is 1.65 bits per heavy atom. The molecule has 0 spiro atoms. The van der Waals surface area contributed by atoms with E-state index in [1.165, 1.54) is 5.56 Å². The molecule has 0 bridgehead atoms. The summed E-state index contributed by atoms with van der Waals surface area (Å²) in [5.74, 6) is -0.312. The van der Waals surface area contributed by atoms with E-state index in [2.05, 4.69) is 15.6 Å². The van der Waals surface area contributed by atoms with Crippen LogP contribution in [-0.2, 0) is 4.74 Å². The first-order chi connectivity index (χ1) is 19.4. The predicted molar refractivity (Wildman–Crippen MR) is 151 cm³/mol. The molecule has 1 N–H and O–H groups in total. The zero-order valence-corrected chi connectivity index (χ0v) is 22.5. The van der Waals surface area contributed by atoms with Crippen molar-refractivity contribution in [2.24, 2.45) is 0 Å². The summed E-state index contributed by atoms with van der Waals surface area (Å²) in [6, 6.07) is 20.2. The standard InChI is InChI=1S/C31H31N5O4/c1-3-40-31(39)25-7-5-24(6-8-25)30(38)35-17-14-23(15-18-35)22-9-11-26(12-10-22)33-29(37)27-20-21(2)4-13-28(27)36-19-16-32-34-36/h4-13,16,19-20,23H,3,14-15,17-18H2,1-2H3,(H,33,37). The third kappa shape index (κ3) is 5.93. The van der Waals surface area contributed by atoms with Gasteiger partial charge in [-0.15, -0.1) is 5.10 Å². The van der Waals surface area contributed by atoms with E-state index in [9.17, 15) is 14.4 Å². The minimum absolute atomic E-state index is 0.0340. The molecule has 2 heterocycles. The highest BCUT2D eigenvalue weighted by atomic mass is 16.5. The summed E-state index contributed by atoms with van der Waals surface area (Å²) in [5, 5.41) is 10.9. The second-order valence-corrected chi connectivity index (χ2v) is 9.81. The predicted octanol–water partition coefficient (Wildman–Crippen LogP) is 5.02. The molecular formula is C31H31N5O4. The number of nitrogens with zero attached hydrogens (tertiary/aromatic N) is 4. The average Bonchev–Trinajstić information content (AvgIpc) is 3.52. The van der Waals surface area contributed by atoms with Crippen LogP contribution in [0, 0.1) is 6.92 Å². The highest BCUT2D eigenvalue weighted by Gasteiger charge is 2.25. The maximum absolute atomic E-state index is 13.1. The lowest BCUT2D eigenvalue weighted by atomic mass is 9.89. The highest BCUT2D eigenvalue weighted by molar-refractivity contribution is 6.07. The molecule has 2 amide bonds. The van der Waals surface area contributed by atoms with Crippen LogP contribution in [0.4, 0.5) is 5.69 Å². The lowest BCUT2D eigenvalue weighted by molar-refractivity contribution is 0.0525. The van der Waals surface area contributed by atoms with E-state index in [4.69, 9.17) is 4.74 Å². The molecule has 9 heteroatoms. The lowest BCUT2D eigenvalue weighted by Gasteiger charge is -2.32. The third-order valence-electron chi connectivity index (χ3n) is 7.13. The summed E-state index contributed by atoms with van der Waals surface area (Å²) in [5.41, 5.74) is 5.04. The van der Waals surface area contributed by atoms with Crippen LogP contribution in [-0.4, -0.2) is 57.4 Å². The van der Waals surface area contributed by atoms with Crippen LogP contribution in [0.2, 0.25) is 0 Å². The summed E-state index contributed by atoms with van der Waals surface area (Å²) in [7, 11) is 0. The van der Waals surface area contributed by atoms with Gasteiger partial charge >= 0.3 is 5.97 Å². The van der Waals surface area contributed by atoms with Crippen LogP contribution in [0.25, 0.3) is 5.69 Å². The van der Waals surface area contributed by atoms with Gasteiger partial charge in [0.2, 0.25) is 0 Å². The number of aryl methyl sites for hydroxylation is 1. The summed E-state index contributed by atoms with van der Waals surface area (Å²) in [6.07, 6.45) is 4.98. The van der Waals surface area contributed by atoms with Gasteiger partial charge in [0.05, 0.1) is 35.8 Å². The van der Waals surface area contributed by atoms with Gasteiger partial charge in [-0.3, -0.25) is 9.59 Å². The van der Waals surface area contributed by atoms with Crippen LogP contribution in [0.3, 0.4) is 0 Å². The molecule has 0 atom stereocenters. The number of benzene rings is 3. The van der Waals surface area contributed by atoms with E-state index < -0.39 is 0 Å². The fourth-order valence-electron chi connectivity index (χ4n) is 4.97. The van der Waals surface area contributed by atoms with Crippen molar-refractivity contribution in [2.75, 3.05) is 25.0 Å². The normalized spacial score (nSPS) is 13.6. The summed E-state index contributed by atoms with van der Waals surface area (Å²) in [4.78, 5) is 39.9. The molecule has 1 aliphatic rings. The maximum atomic E-state index is 13.1. The van der Waals surface area contributed by atoms with Crippen molar-refractivity contribution in [1.82, 2.24) is 19.9 Å². The summed E-state index contributed by atoms with van der Waals surface area (Å²) >= 11 is 0. The van der Waals surface area contributed by atoms with E-state index in [1.54, 1.807) is 48.3 Å². The number of likely N-dealkylation sites (tertiary alicyclic amines) is 1. The number of anilines is 1. The number of hydrogen-bond acceptors (Lipinski definition) is 6. The van der Waals surface area contributed by atoms with Crippen LogP contribution >= 0.6 is 0 Å². The Hall–Kier alpha value is -4.79. The molecule has 3 aromatic carbocycles. The van der Waals surface area contributed by atoms with E-state index in [-0.39, 0.29) is 17.8 Å². The monoisotopic (exact) mass is 537 g/mol. The second kappa shape index (κ2) is 11.9. The van der Waals surface area contributed by atoms with Gasteiger partial charge in [-0.05, 0) is 86.7 Å². The Labute approximate surface area is 232 Å². The van der Waals surface area contributed by atoms with E-state index in [0.717, 1.165) is 18.4 Å². The van der Waals surface area contributed by atoms with Crippen molar-refractivity contribution < 1.29 is 19.1 Å². The number of carbonyl (C=O) groups is 3. The molecule has 0 aliphatic carbocycles. The van der Waals surface area contributed by atoms with Gasteiger partial charge in [0, 0.05) is 24.3 Å². The Bertz CT molecular complexity index is 1490. The molecule has 40 heavy (non-hydrogen) atoms. The van der Waals surface area contributed by atoms with Gasteiger partial charge in [-0.25, -0.2) is 9.48 Å². The van der Waals surface area contributed by atoms with Crippen LogP contribution in [0.5, 0.6) is 0 Å². The SMILES string of the molecule is CCOC(=O)c1ccc(C(=O)N2CCC(c3ccc(NC(=O)c4cc(C)ccc4-n4ccnn4)cc3)CC2)cc1. The van der Waals surface area contributed by atoms with Gasteiger partial charge in [-0.1, -0.05) is 29.0 Å². The zero-order valence-electron chi connectivity index (χ0n) is 22.5. The third-order valence-corrected chi connectivity index (χ3v) is 7.13. The van der Waals surface area contributed by atoms with Crippen molar-refractivity contribution in [2.45, 2.75) is 32.6 Å². The molecule has 9 nitrogen and oxygen atoms in total. The fourth-order valence-corrected chi connectivity index (χ4v) is 4.97. The maximum Gasteiger partial charge on any atom is 0.338 e. The fraction of sp³-hybridized carbons (Fsp3) is 0.258. The molecule has 4 aromatic rings. The smallest absolute Gasteiger partial charge is 0.338 e. The molecular weight excluding hydrogens is 506 g/mol. The van der Waals surface area contributed by atoms with Crippen molar-refractivity contribution in [1.29, 1.82) is 0 Å². The summed E-state index contributed by atoms with van der Waals surface area (Å²) < 4.78 is 6.58. The van der Waals surface area contributed by atoms with E-state index in [1.807, 2.05) is 54.3 Å². The Balaban J connectivity index is 1.18. The van der Waals surface area contributed by atoms with Crippen molar-refractivity contribution in [3.05, 3.63) is 107 Å². The molecule has 0 unspecified atom stereocenters. The topological polar surface area (TPSA) is 106 Å². The molecule has 1 saturated heterocycles. The van der Waals surface area contributed by atoms with Crippen molar-refractivity contribution >= 4 is 23.5 Å². The molecule has 1 aliphatic heterocycles. The number of piperidine rings is 1. The number of esters is 1. The second-order valence-electron chi connectivity index (χ2n) is 9.81. The molecule has 1 aromatic heterocycles. The van der Waals surface area contributed by atoms with Crippen molar-refractivity contribution in [3.8, 4) is 5.69 Å². The molecule has 0 radical (unpaired) electrons. The Kier molecular flexibility index (Phi) is 8.00. The number of aromatic nitrogens is 3. The van der Waals surface area contributed by atoms with Gasteiger partial charge in [0.15, 0.2) is 0 Å². The first-order valence-electron chi connectivity index (χ1n) is 13.4. The minimum Gasteiger partial charge on any atom is -0.462 e. The molecule has 5 rings (SSSR count). The quantitative estimate of drug-likeness (QED) is 0.332. The first-order valence-corrected chi connectivity index (χ1v) is 13.4. The number of carbonyl (C=O) groups excluding carboxylic acids is 3. The number of rotatable bonds is 7. The van der Waals surface area contributed by atoms with Crippen LogP contribution < -0.4 is 5.32 Å². The highest BCUT2D eigenvalue weighted by Crippen LogP contribution is 2.30. The van der Waals surface area contributed by atoms with Gasteiger partial charge in [-0.2, -0.15) is 0 Å². The van der Waals surface area contributed by atoms with Gasteiger partial charge in [0.1, 0.15) is 0 Å². The van der Waals surface area contributed by atoms with E-state index in [0.29, 0.717) is 53.7 Å². The average molecular weight is 538 g/mol. The van der Waals surface area contributed by atoms with E-state index >= 15 is 0 Å². The Morgan fingerprint density at radius 1 is 0.950 bits per heavy atom. The number of nitrogens with one attached hydrogen (secondary N) is 1. The van der Waals surface area contributed by atoms with Crippen LogP contribution in [0.1, 0.15) is 67.9 Å². The zero-order chi connectivity index (χ0) is 28.1. The first kappa shape index (κ1) is 26.8. The van der Waals surface area contributed by atoms with Gasteiger partial charge < -0.3 is 15.0 Å². The lowest BCUT2D eigenvalue weighted by Crippen LogP contribution is -2.37. The number of ether oxygens (including phenoxy) is 1. The molecule has 1 fully saturated rings. The minimum atomic E-state index is -0.389. The summed E-state index contributed by atoms with van der Waals surface area (Å²) in [6.45, 7) is 5.32. The molecule has 204 valence electrons.